The van der Waals surface area contributed by atoms with E-state index in [0.717, 1.165) is 19.0 Å². The van der Waals surface area contributed by atoms with E-state index in [9.17, 15) is 4.79 Å². The number of nitrogens with zero attached hydrogens (tertiary/aromatic N) is 1. The molecule has 1 aliphatic carbocycles. The first-order valence-electron chi connectivity index (χ1n) is 7.99. The second-order valence-corrected chi connectivity index (χ2v) is 8.98. The molecule has 2 aliphatic rings. The normalized spacial score (nSPS) is 23.6. The van der Waals surface area contributed by atoms with Gasteiger partial charge in [-0.15, -0.1) is 0 Å². The predicted octanol–water partition coefficient (Wildman–Crippen LogP) is 4.46. The molecule has 0 aromatic heterocycles. The number of carbonyl (C=O) groups excluding carboxylic acids is 1. The van der Waals surface area contributed by atoms with Crippen LogP contribution in [0.4, 0.5) is 4.79 Å². The van der Waals surface area contributed by atoms with Crippen LogP contribution in [0, 0.1) is 16.7 Å². The maximum Gasteiger partial charge on any atom is 0.410 e. The van der Waals surface area contributed by atoms with Gasteiger partial charge < -0.3 is 9.64 Å². The lowest BCUT2D eigenvalue weighted by molar-refractivity contribution is -0.0611. The quantitative estimate of drug-likeness (QED) is 0.656. The summed E-state index contributed by atoms with van der Waals surface area (Å²) in [7, 11) is 0. The number of rotatable bonds is 0. The van der Waals surface area contributed by atoms with Crippen molar-refractivity contribution in [2.75, 3.05) is 13.1 Å². The molecule has 0 radical (unpaired) electrons. The zero-order valence-corrected chi connectivity index (χ0v) is 14.1. The molecule has 1 saturated carbocycles. The highest BCUT2D eigenvalue weighted by Crippen LogP contribution is 2.49. The fourth-order valence-corrected chi connectivity index (χ4v) is 3.63. The molecule has 0 atom stereocenters. The average molecular weight is 281 g/mol. The van der Waals surface area contributed by atoms with Crippen LogP contribution in [0.25, 0.3) is 0 Å². The topological polar surface area (TPSA) is 29.5 Å². The van der Waals surface area contributed by atoms with Crippen molar-refractivity contribution >= 4 is 6.09 Å². The molecule has 0 bridgehead atoms. The van der Waals surface area contributed by atoms with Crippen LogP contribution in [0.3, 0.4) is 0 Å². The van der Waals surface area contributed by atoms with Crippen molar-refractivity contribution in [3.63, 3.8) is 0 Å². The van der Waals surface area contributed by atoms with Crippen molar-refractivity contribution in [1.29, 1.82) is 0 Å². The van der Waals surface area contributed by atoms with E-state index in [1.165, 1.54) is 25.7 Å². The third kappa shape index (κ3) is 3.48. The van der Waals surface area contributed by atoms with Crippen LogP contribution in [0.15, 0.2) is 0 Å². The fraction of sp³-hybridized carbons (Fsp3) is 0.941. The Hall–Kier alpha value is -0.730. The molecular formula is C17H31NO2. The third-order valence-electron chi connectivity index (χ3n) is 4.98. The first-order valence-corrected chi connectivity index (χ1v) is 7.99. The lowest BCUT2D eigenvalue weighted by Crippen LogP contribution is -2.60. The molecule has 1 aliphatic heterocycles. The maximum absolute atomic E-state index is 12.0. The van der Waals surface area contributed by atoms with Crippen molar-refractivity contribution in [3.8, 4) is 0 Å². The summed E-state index contributed by atoms with van der Waals surface area (Å²) < 4.78 is 5.44. The highest BCUT2D eigenvalue weighted by molar-refractivity contribution is 5.69. The van der Waals surface area contributed by atoms with Gasteiger partial charge in [-0.25, -0.2) is 4.79 Å². The molecule has 116 valence electrons. The Balaban J connectivity index is 1.81. The summed E-state index contributed by atoms with van der Waals surface area (Å²) in [5, 5.41) is 0. The number of amides is 1. The van der Waals surface area contributed by atoms with Crippen LogP contribution < -0.4 is 0 Å². The summed E-state index contributed by atoms with van der Waals surface area (Å²) in [5.41, 5.74) is 0.443. The van der Waals surface area contributed by atoms with Crippen LogP contribution in [0.5, 0.6) is 0 Å². The van der Waals surface area contributed by atoms with Gasteiger partial charge >= 0.3 is 6.09 Å². The first kappa shape index (κ1) is 15.7. The summed E-state index contributed by atoms with van der Waals surface area (Å²) in [5.74, 6) is 0.837. The molecule has 0 aromatic carbocycles. The third-order valence-corrected chi connectivity index (χ3v) is 4.98. The molecular weight excluding hydrogens is 250 g/mol. The van der Waals surface area contributed by atoms with Gasteiger partial charge in [0, 0.05) is 18.5 Å². The Kier molecular flexibility index (Phi) is 3.85. The van der Waals surface area contributed by atoms with Gasteiger partial charge in [0.15, 0.2) is 0 Å². The summed E-state index contributed by atoms with van der Waals surface area (Å²) in [4.78, 5) is 13.9. The predicted molar refractivity (Wildman–Crippen MR) is 81.7 cm³/mol. The molecule has 0 unspecified atom stereocenters. The molecule has 2 fully saturated rings. The minimum absolute atomic E-state index is 0.138. The smallest absolute Gasteiger partial charge is 0.410 e. The number of carbonyl (C=O) groups is 1. The monoisotopic (exact) mass is 281 g/mol. The van der Waals surface area contributed by atoms with Gasteiger partial charge in [-0.05, 0) is 57.8 Å². The van der Waals surface area contributed by atoms with Gasteiger partial charge in [-0.2, -0.15) is 0 Å². The van der Waals surface area contributed by atoms with Crippen LogP contribution in [0.1, 0.15) is 67.2 Å². The van der Waals surface area contributed by atoms with E-state index >= 15 is 0 Å². The van der Waals surface area contributed by atoms with Gasteiger partial charge in [0.1, 0.15) is 5.60 Å². The number of hydrogen-bond acceptors (Lipinski definition) is 2. The SMILES string of the molecule is CC(C)(C)OC(=O)N1CC2(CCC(C(C)(C)C)CC2)C1. The Morgan fingerprint density at radius 2 is 1.55 bits per heavy atom. The van der Waals surface area contributed by atoms with Crippen molar-refractivity contribution in [3.05, 3.63) is 0 Å². The lowest BCUT2D eigenvalue weighted by atomic mass is 9.61. The zero-order chi connectivity index (χ0) is 15.2. The van der Waals surface area contributed by atoms with Crippen LogP contribution >= 0.6 is 0 Å². The van der Waals surface area contributed by atoms with Crippen LogP contribution in [0.2, 0.25) is 0 Å². The molecule has 1 spiro atoms. The standard InChI is InChI=1S/C17H31NO2/c1-15(2,3)13-7-9-17(10-8-13)11-18(12-17)14(19)20-16(4,5)6/h13H,7-12H2,1-6H3. The molecule has 0 aromatic rings. The summed E-state index contributed by atoms with van der Waals surface area (Å²) >= 11 is 0. The Morgan fingerprint density at radius 1 is 1.05 bits per heavy atom. The fourth-order valence-electron chi connectivity index (χ4n) is 3.63. The van der Waals surface area contributed by atoms with E-state index < -0.39 is 0 Å². The van der Waals surface area contributed by atoms with Crippen molar-refractivity contribution in [1.82, 2.24) is 4.90 Å². The molecule has 3 nitrogen and oxygen atoms in total. The van der Waals surface area contributed by atoms with E-state index in [-0.39, 0.29) is 11.7 Å². The molecule has 1 heterocycles. The minimum atomic E-state index is -0.385. The zero-order valence-electron chi connectivity index (χ0n) is 14.1. The van der Waals surface area contributed by atoms with Gasteiger partial charge in [0.05, 0.1) is 0 Å². The van der Waals surface area contributed by atoms with Gasteiger partial charge in [-0.1, -0.05) is 20.8 Å². The molecule has 1 amide bonds. The Labute approximate surface area is 124 Å². The highest BCUT2D eigenvalue weighted by Gasteiger charge is 2.48. The molecule has 1 saturated heterocycles. The summed E-state index contributed by atoms with van der Waals surface area (Å²) in [6.45, 7) is 14.6. The van der Waals surface area contributed by atoms with Crippen LogP contribution in [-0.4, -0.2) is 29.7 Å². The first-order chi connectivity index (χ1) is 9.01. The maximum atomic E-state index is 12.0. The second-order valence-electron chi connectivity index (χ2n) is 8.98. The number of hydrogen-bond donors (Lipinski definition) is 0. The summed E-state index contributed by atoms with van der Waals surface area (Å²) in [6, 6.07) is 0. The molecule has 0 N–H and O–H groups in total. The molecule has 3 heteroatoms. The highest BCUT2D eigenvalue weighted by atomic mass is 16.6. The number of likely N-dealkylation sites (tertiary alicyclic amines) is 1. The van der Waals surface area contributed by atoms with Gasteiger partial charge in [0.2, 0.25) is 0 Å². The Morgan fingerprint density at radius 3 is 1.95 bits per heavy atom. The summed E-state index contributed by atoms with van der Waals surface area (Å²) in [6.07, 6.45) is 5.03. The van der Waals surface area contributed by atoms with E-state index in [1.54, 1.807) is 0 Å². The van der Waals surface area contributed by atoms with Gasteiger partial charge in [-0.3, -0.25) is 0 Å². The van der Waals surface area contributed by atoms with Crippen molar-refractivity contribution in [2.45, 2.75) is 72.8 Å². The molecule has 20 heavy (non-hydrogen) atoms. The van der Waals surface area contributed by atoms with Crippen molar-refractivity contribution in [2.24, 2.45) is 16.7 Å². The Bertz CT molecular complexity index is 359. The largest absolute Gasteiger partial charge is 0.444 e. The van der Waals surface area contributed by atoms with E-state index in [4.69, 9.17) is 4.74 Å². The van der Waals surface area contributed by atoms with E-state index in [0.29, 0.717) is 10.8 Å². The second kappa shape index (κ2) is 4.92. The van der Waals surface area contributed by atoms with Crippen LogP contribution in [-0.2, 0) is 4.74 Å². The van der Waals surface area contributed by atoms with E-state index in [1.807, 2.05) is 25.7 Å². The lowest BCUT2D eigenvalue weighted by Gasteiger charge is -2.54. The van der Waals surface area contributed by atoms with Crippen molar-refractivity contribution < 1.29 is 9.53 Å². The minimum Gasteiger partial charge on any atom is -0.444 e. The van der Waals surface area contributed by atoms with E-state index in [2.05, 4.69) is 20.8 Å². The molecule has 2 rings (SSSR count). The average Bonchev–Trinajstić information content (AvgIpc) is 2.22. The van der Waals surface area contributed by atoms with Gasteiger partial charge in [0.25, 0.3) is 0 Å². The number of ether oxygens (including phenoxy) is 1.